The van der Waals surface area contributed by atoms with E-state index in [0.717, 1.165) is 18.5 Å². The number of ether oxygens (including phenoxy) is 1. The quantitative estimate of drug-likeness (QED) is 0.799. The summed E-state index contributed by atoms with van der Waals surface area (Å²) in [5, 5.41) is 0. The first-order valence-corrected chi connectivity index (χ1v) is 7.87. The van der Waals surface area contributed by atoms with Crippen molar-refractivity contribution in [3.8, 4) is 0 Å². The van der Waals surface area contributed by atoms with Crippen LogP contribution >= 0.6 is 0 Å². The minimum atomic E-state index is -0.333. The summed E-state index contributed by atoms with van der Waals surface area (Å²) < 4.78 is 6.92. The number of hydrogen-bond acceptors (Lipinski definition) is 3. The maximum absolute atomic E-state index is 12.4. The molecule has 0 radical (unpaired) electrons. The van der Waals surface area contributed by atoms with Gasteiger partial charge in [0.05, 0.1) is 12.2 Å². The smallest absolute Gasteiger partial charge is 0.340 e. The fraction of sp³-hybridized carbons (Fsp3) is 0.647. The van der Waals surface area contributed by atoms with E-state index in [9.17, 15) is 9.59 Å². The number of rotatable bonds is 4. The zero-order valence-corrected chi connectivity index (χ0v) is 13.4. The van der Waals surface area contributed by atoms with Crippen LogP contribution in [0.25, 0.3) is 0 Å². The molecule has 4 nitrogen and oxygen atoms in total. The van der Waals surface area contributed by atoms with Crippen LogP contribution in [0.15, 0.2) is 10.9 Å². The lowest BCUT2D eigenvalue weighted by molar-refractivity contribution is 0.0523. The zero-order valence-electron chi connectivity index (χ0n) is 13.4. The van der Waals surface area contributed by atoms with Gasteiger partial charge in [-0.2, -0.15) is 0 Å². The van der Waals surface area contributed by atoms with Crippen LogP contribution < -0.4 is 5.56 Å². The standard InChI is InChI=1S/C17H25NO3/c1-5-21-17(20)16-11(2)10-15(19)18(13(16)4)12(3)14-8-6-7-9-14/h10,12,14H,5-9H2,1-4H3. The van der Waals surface area contributed by atoms with E-state index in [-0.39, 0.29) is 17.6 Å². The first-order chi connectivity index (χ1) is 9.97. The molecule has 116 valence electrons. The molecule has 0 amide bonds. The summed E-state index contributed by atoms with van der Waals surface area (Å²) in [5.41, 5.74) is 1.96. The van der Waals surface area contributed by atoms with Gasteiger partial charge in [0.15, 0.2) is 0 Å². The Morgan fingerprint density at radius 2 is 2.00 bits per heavy atom. The Kier molecular flexibility index (Phi) is 4.86. The second-order valence-corrected chi connectivity index (χ2v) is 6.00. The van der Waals surface area contributed by atoms with Crippen LogP contribution in [-0.2, 0) is 4.74 Å². The molecule has 4 heteroatoms. The lowest BCUT2D eigenvalue weighted by atomic mass is 9.97. The molecule has 1 saturated carbocycles. The van der Waals surface area contributed by atoms with Crippen molar-refractivity contribution < 1.29 is 9.53 Å². The van der Waals surface area contributed by atoms with Gasteiger partial charge in [0.1, 0.15) is 0 Å². The number of aromatic nitrogens is 1. The van der Waals surface area contributed by atoms with Gasteiger partial charge in [-0.25, -0.2) is 4.79 Å². The molecule has 1 aliphatic carbocycles. The monoisotopic (exact) mass is 291 g/mol. The maximum Gasteiger partial charge on any atom is 0.340 e. The molecule has 0 spiro atoms. The normalized spacial score (nSPS) is 17.0. The van der Waals surface area contributed by atoms with Crippen LogP contribution in [0.4, 0.5) is 0 Å². The lowest BCUT2D eigenvalue weighted by Gasteiger charge is -2.25. The molecule has 0 aromatic carbocycles. The van der Waals surface area contributed by atoms with Crippen molar-refractivity contribution in [2.24, 2.45) is 5.92 Å². The number of pyridine rings is 1. The molecule has 1 fully saturated rings. The van der Waals surface area contributed by atoms with Gasteiger partial charge in [-0.05, 0) is 52.0 Å². The van der Waals surface area contributed by atoms with E-state index in [1.165, 1.54) is 12.8 Å². The Balaban J connectivity index is 2.48. The van der Waals surface area contributed by atoms with Crippen molar-refractivity contribution >= 4 is 5.97 Å². The van der Waals surface area contributed by atoms with Crippen molar-refractivity contribution in [3.05, 3.63) is 33.2 Å². The van der Waals surface area contributed by atoms with Crippen LogP contribution in [0.1, 0.15) is 67.2 Å². The molecule has 1 aromatic rings. The maximum atomic E-state index is 12.4. The van der Waals surface area contributed by atoms with Gasteiger partial charge >= 0.3 is 5.97 Å². The van der Waals surface area contributed by atoms with Crippen molar-refractivity contribution in [1.82, 2.24) is 4.57 Å². The molecule has 1 aliphatic rings. The predicted molar refractivity (Wildman–Crippen MR) is 82.8 cm³/mol. The Labute approximate surface area is 126 Å². The SMILES string of the molecule is CCOC(=O)c1c(C)cc(=O)n(C(C)C2CCCC2)c1C. The molecule has 1 heterocycles. The number of nitrogens with zero attached hydrogens (tertiary/aromatic N) is 1. The number of carbonyl (C=O) groups excluding carboxylic acids is 1. The fourth-order valence-corrected chi connectivity index (χ4v) is 3.57. The summed E-state index contributed by atoms with van der Waals surface area (Å²) in [6, 6.07) is 1.69. The highest BCUT2D eigenvalue weighted by Crippen LogP contribution is 2.34. The summed E-state index contributed by atoms with van der Waals surface area (Å²) in [5.74, 6) is 0.194. The zero-order chi connectivity index (χ0) is 15.6. The molecule has 1 atom stereocenters. The summed E-state index contributed by atoms with van der Waals surface area (Å²) in [6.07, 6.45) is 4.80. The Bertz CT molecular complexity index is 582. The van der Waals surface area contributed by atoms with Crippen LogP contribution in [0.5, 0.6) is 0 Å². The molecule has 0 N–H and O–H groups in total. The number of carbonyl (C=O) groups is 1. The van der Waals surface area contributed by atoms with Crippen molar-refractivity contribution in [2.75, 3.05) is 6.61 Å². The molecule has 2 rings (SSSR count). The van der Waals surface area contributed by atoms with Gasteiger partial charge in [0.25, 0.3) is 5.56 Å². The van der Waals surface area contributed by atoms with E-state index in [4.69, 9.17) is 4.74 Å². The largest absolute Gasteiger partial charge is 0.462 e. The van der Waals surface area contributed by atoms with Crippen LogP contribution in [0, 0.1) is 19.8 Å². The number of esters is 1. The van der Waals surface area contributed by atoms with E-state index in [1.54, 1.807) is 24.5 Å². The molecule has 1 unspecified atom stereocenters. The lowest BCUT2D eigenvalue weighted by Crippen LogP contribution is -2.31. The van der Waals surface area contributed by atoms with Crippen LogP contribution in [0.3, 0.4) is 0 Å². The van der Waals surface area contributed by atoms with E-state index in [0.29, 0.717) is 23.7 Å². The van der Waals surface area contributed by atoms with Gasteiger partial charge in [-0.3, -0.25) is 4.79 Å². The Morgan fingerprint density at radius 3 is 2.57 bits per heavy atom. The van der Waals surface area contributed by atoms with Crippen molar-refractivity contribution in [3.63, 3.8) is 0 Å². The van der Waals surface area contributed by atoms with Gasteiger partial charge in [0, 0.05) is 17.8 Å². The van der Waals surface area contributed by atoms with Gasteiger partial charge in [0.2, 0.25) is 0 Å². The second kappa shape index (κ2) is 6.46. The van der Waals surface area contributed by atoms with Gasteiger partial charge < -0.3 is 9.30 Å². The van der Waals surface area contributed by atoms with Crippen LogP contribution in [-0.4, -0.2) is 17.1 Å². The summed E-state index contributed by atoms with van der Waals surface area (Å²) in [6.45, 7) is 7.88. The van der Waals surface area contributed by atoms with E-state index < -0.39 is 0 Å². The third-order valence-corrected chi connectivity index (χ3v) is 4.66. The number of aryl methyl sites for hydroxylation is 1. The van der Waals surface area contributed by atoms with Crippen molar-refractivity contribution in [2.45, 2.75) is 59.4 Å². The van der Waals surface area contributed by atoms with Crippen molar-refractivity contribution in [1.29, 1.82) is 0 Å². The van der Waals surface area contributed by atoms with Crippen LogP contribution in [0.2, 0.25) is 0 Å². The molecule has 1 aromatic heterocycles. The average Bonchev–Trinajstić information content (AvgIpc) is 2.91. The first kappa shape index (κ1) is 15.8. The molecule has 0 bridgehead atoms. The van der Waals surface area contributed by atoms with Gasteiger partial charge in [-0.15, -0.1) is 0 Å². The predicted octanol–water partition coefficient (Wildman–Crippen LogP) is 3.39. The topological polar surface area (TPSA) is 48.3 Å². The summed E-state index contributed by atoms with van der Waals surface area (Å²) in [7, 11) is 0. The summed E-state index contributed by atoms with van der Waals surface area (Å²) in [4.78, 5) is 24.6. The third-order valence-electron chi connectivity index (χ3n) is 4.66. The average molecular weight is 291 g/mol. The highest BCUT2D eigenvalue weighted by Gasteiger charge is 2.27. The third kappa shape index (κ3) is 3.04. The fourth-order valence-electron chi connectivity index (χ4n) is 3.57. The second-order valence-electron chi connectivity index (χ2n) is 6.00. The molecule has 21 heavy (non-hydrogen) atoms. The Morgan fingerprint density at radius 1 is 1.38 bits per heavy atom. The summed E-state index contributed by atoms with van der Waals surface area (Å²) >= 11 is 0. The molecule has 0 saturated heterocycles. The van der Waals surface area contributed by atoms with Gasteiger partial charge in [-0.1, -0.05) is 12.8 Å². The number of hydrogen-bond donors (Lipinski definition) is 0. The first-order valence-electron chi connectivity index (χ1n) is 7.87. The molecular formula is C17H25NO3. The van der Waals surface area contributed by atoms with E-state index in [2.05, 4.69) is 6.92 Å². The molecule has 0 aliphatic heterocycles. The van der Waals surface area contributed by atoms with E-state index in [1.807, 2.05) is 6.92 Å². The minimum Gasteiger partial charge on any atom is -0.462 e. The highest BCUT2D eigenvalue weighted by molar-refractivity contribution is 5.92. The highest BCUT2D eigenvalue weighted by atomic mass is 16.5. The Hall–Kier alpha value is -1.58. The minimum absolute atomic E-state index is 0.0163. The van der Waals surface area contributed by atoms with E-state index >= 15 is 0 Å². The molecular weight excluding hydrogens is 266 g/mol.